The number of nitrogens with zero attached hydrogens (tertiary/aromatic N) is 3. The normalized spacial score (nSPS) is 16.1. The molecule has 1 N–H and O–H groups in total. The van der Waals surface area contributed by atoms with E-state index in [-0.39, 0.29) is 30.0 Å². The van der Waals surface area contributed by atoms with Crippen LogP contribution < -0.4 is 5.32 Å². The van der Waals surface area contributed by atoms with Crippen LogP contribution in [0.15, 0.2) is 35.0 Å². The van der Waals surface area contributed by atoms with E-state index < -0.39 is 0 Å². The third kappa shape index (κ3) is 5.88. The first-order chi connectivity index (χ1) is 13.6. The number of carbonyl (C=O) groups is 2. The van der Waals surface area contributed by atoms with E-state index in [9.17, 15) is 9.59 Å². The van der Waals surface area contributed by atoms with Crippen LogP contribution in [0, 0.1) is 6.92 Å². The summed E-state index contributed by atoms with van der Waals surface area (Å²) in [5, 5.41) is 6.69. The Labute approximate surface area is 164 Å². The quantitative estimate of drug-likeness (QED) is 0.705. The van der Waals surface area contributed by atoms with Gasteiger partial charge >= 0.3 is 0 Å². The van der Waals surface area contributed by atoms with Crippen molar-refractivity contribution < 1.29 is 18.8 Å². The predicted octanol–water partition coefficient (Wildman–Crippen LogP) is 1.75. The van der Waals surface area contributed by atoms with Gasteiger partial charge in [-0.2, -0.15) is 0 Å². The summed E-state index contributed by atoms with van der Waals surface area (Å²) in [5.41, 5.74) is 1.19. The van der Waals surface area contributed by atoms with E-state index >= 15 is 0 Å². The molecular weight excluding hydrogens is 360 g/mol. The number of hydrogen-bond acceptors (Lipinski definition) is 6. The standard InChI is InChI=1S/C20H26N4O4/c1-15-13-18(23-28-15)20(26)24(14-17-6-4-12-27-17)11-8-19(25)22-10-7-16-5-2-3-9-21-16/h2-3,5,9,13,17H,4,6-8,10-12,14H2,1H3,(H,22,25). The summed E-state index contributed by atoms with van der Waals surface area (Å²) in [5.74, 6) is 0.235. The second-order valence-corrected chi connectivity index (χ2v) is 6.88. The molecule has 1 atom stereocenters. The third-order valence-electron chi connectivity index (χ3n) is 4.62. The van der Waals surface area contributed by atoms with Crippen LogP contribution >= 0.6 is 0 Å². The topological polar surface area (TPSA) is 97.6 Å². The van der Waals surface area contributed by atoms with Crippen LogP contribution in [0.3, 0.4) is 0 Å². The Kier molecular flexibility index (Phi) is 7.13. The Morgan fingerprint density at radius 2 is 2.25 bits per heavy atom. The summed E-state index contributed by atoms with van der Waals surface area (Å²) in [4.78, 5) is 30.8. The van der Waals surface area contributed by atoms with Crippen LogP contribution in [0.1, 0.15) is 41.2 Å². The molecule has 2 amide bonds. The number of pyridine rings is 1. The number of rotatable bonds is 9. The number of carbonyl (C=O) groups excluding carboxylic acids is 2. The fourth-order valence-corrected chi connectivity index (χ4v) is 3.14. The Balaban J connectivity index is 1.50. The lowest BCUT2D eigenvalue weighted by Gasteiger charge is -2.24. The Bertz CT molecular complexity index is 772. The van der Waals surface area contributed by atoms with Crippen molar-refractivity contribution in [2.24, 2.45) is 0 Å². The summed E-state index contributed by atoms with van der Waals surface area (Å²) < 4.78 is 10.7. The minimum Gasteiger partial charge on any atom is -0.376 e. The van der Waals surface area contributed by atoms with Crippen molar-refractivity contribution in [3.8, 4) is 0 Å². The van der Waals surface area contributed by atoms with Gasteiger partial charge in [-0.1, -0.05) is 11.2 Å². The second-order valence-electron chi connectivity index (χ2n) is 6.88. The van der Waals surface area contributed by atoms with Crippen molar-refractivity contribution in [3.63, 3.8) is 0 Å². The van der Waals surface area contributed by atoms with E-state index in [0.29, 0.717) is 38.4 Å². The molecule has 150 valence electrons. The molecule has 8 heteroatoms. The van der Waals surface area contributed by atoms with Crippen LogP contribution in [-0.2, 0) is 16.0 Å². The van der Waals surface area contributed by atoms with Crippen molar-refractivity contribution >= 4 is 11.8 Å². The van der Waals surface area contributed by atoms with E-state index in [1.807, 2.05) is 18.2 Å². The maximum atomic E-state index is 12.8. The molecule has 1 aliphatic rings. The molecule has 1 saturated heterocycles. The van der Waals surface area contributed by atoms with Crippen LogP contribution in [0.25, 0.3) is 0 Å². The minimum atomic E-state index is -0.242. The molecule has 0 saturated carbocycles. The maximum Gasteiger partial charge on any atom is 0.276 e. The molecule has 0 aliphatic carbocycles. The summed E-state index contributed by atoms with van der Waals surface area (Å²) in [6.45, 7) is 3.72. The zero-order valence-corrected chi connectivity index (χ0v) is 16.1. The van der Waals surface area contributed by atoms with Crippen LogP contribution in [0.5, 0.6) is 0 Å². The van der Waals surface area contributed by atoms with E-state index in [2.05, 4.69) is 15.5 Å². The molecular formula is C20H26N4O4. The van der Waals surface area contributed by atoms with E-state index in [1.165, 1.54) is 0 Å². The molecule has 2 aromatic heterocycles. The number of amides is 2. The van der Waals surface area contributed by atoms with Gasteiger partial charge in [-0.3, -0.25) is 14.6 Å². The Morgan fingerprint density at radius 1 is 1.36 bits per heavy atom. The Morgan fingerprint density at radius 3 is 2.93 bits per heavy atom. The summed E-state index contributed by atoms with van der Waals surface area (Å²) >= 11 is 0. The van der Waals surface area contributed by atoms with Crippen molar-refractivity contribution in [1.29, 1.82) is 0 Å². The molecule has 0 radical (unpaired) electrons. The number of ether oxygens (including phenoxy) is 1. The highest BCUT2D eigenvalue weighted by molar-refractivity contribution is 5.92. The fourth-order valence-electron chi connectivity index (χ4n) is 3.14. The van der Waals surface area contributed by atoms with Crippen molar-refractivity contribution in [2.75, 3.05) is 26.2 Å². The fraction of sp³-hybridized carbons (Fsp3) is 0.500. The lowest BCUT2D eigenvalue weighted by molar-refractivity contribution is -0.121. The van der Waals surface area contributed by atoms with E-state index in [0.717, 1.165) is 18.5 Å². The minimum absolute atomic E-state index is 0.00386. The molecule has 1 aliphatic heterocycles. The van der Waals surface area contributed by atoms with Gasteiger partial charge in [-0.05, 0) is 31.9 Å². The van der Waals surface area contributed by atoms with Crippen LogP contribution in [0.4, 0.5) is 0 Å². The van der Waals surface area contributed by atoms with Crippen LogP contribution in [0.2, 0.25) is 0 Å². The maximum absolute atomic E-state index is 12.8. The van der Waals surface area contributed by atoms with Crippen molar-refractivity contribution in [2.45, 2.75) is 38.7 Å². The lowest BCUT2D eigenvalue weighted by Crippen LogP contribution is -2.40. The summed E-state index contributed by atoms with van der Waals surface area (Å²) in [6, 6.07) is 7.31. The molecule has 0 spiro atoms. The SMILES string of the molecule is Cc1cc(C(=O)N(CCC(=O)NCCc2ccccn2)CC2CCCO2)no1. The van der Waals surface area contributed by atoms with Gasteiger partial charge in [0.2, 0.25) is 5.91 Å². The summed E-state index contributed by atoms with van der Waals surface area (Å²) in [6.07, 6.45) is 4.53. The number of aromatic nitrogens is 2. The highest BCUT2D eigenvalue weighted by Gasteiger charge is 2.25. The molecule has 0 bridgehead atoms. The molecule has 8 nitrogen and oxygen atoms in total. The zero-order valence-electron chi connectivity index (χ0n) is 16.1. The average molecular weight is 386 g/mol. The number of nitrogens with one attached hydrogen (secondary N) is 1. The molecule has 28 heavy (non-hydrogen) atoms. The first-order valence-corrected chi connectivity index (χ1v) is 9.62. The number of aryl methyl sites for hydroxylation is 1. The van der Waals surface area contributed by atoms with E-state index in [1.54, 1.807) is 24.1 Å². The highest BCUT2D eigenvalue weighted by Crippen LogP contribution is 2.15. The predicted molar refractivity (Wildman–Crippen MR) is 102 cm³/mol. The smallest absolute Gasteiger partial charge is 0.276 e. The van der Waals surface area contributed by atoms with Crippen LogP contribution in [-0.4, -0.2) is 59.2 Å². The van der Waals surface area contributed by atoms with Gasteiger partial charge in [0.1, 0.15) is 5.76 Å². The van der Waals surface area contributed by atoms with Gasteiger partial charge < -0.3 is 19.5 Å². The molecule has 3 heterocycles. The van der Waals surface area contributed by atoms with Gasteiger partial charge in [0, 0.05) is 57.0 Å². The van der Waals surface area contributed by atoms with Gasteiger partial charge in [-0.15, -0.1) is 0 Å². The molecule has 2 aromatic rings. The second kappa shape index (κ2) is 9.98. The number of hydrogen-bond donors (Lipinski definition) is 1. The largest absolute Gasteiger partial charge is 0.376 e. The zero-order chi connectivity index (χ0) is 19.8. The van der Waals surface area contributed by atoms with E-state index in [4.69, 9.17) is 9.26 Å². The Hall–Kier alpha value is -2.74. The highest BCUT2D eigenvalue weighted by atomic mass is 16.5. The van der Waals surface area contributed by atoms with Crippen molar-refractivity contribution in [3.05, 3.63) is 47.6 Å². The monoisotopic (exact) mass is 386 g/mol. The molecule has 3 rings (SSSR count). The third-order valence-corrected chi connectivity index (χ3v) is 4.62. The van der Waals surface area contributed by atoms with Gasteiger partial charge in [-0.25, -0.2) is 0 Å². The molecule has 1 unspecified atom stereocenters. The first-order valence-electron chi connectivity index (χ1n) is 9.62. The lowest BCUT2D eigenvalue weighted by atomic mass is 10.2. The first kappa shape index (κ1) is 20.0. The average Bonchev–Trinajstić information content (AvgIpc) is 3.37. The summed E-state index contributed by atoms with van der Waals surface area (Å²) in [7, 11) is 0. The van der Waals surface area contributed by atoms with Gasteiger partial charge in [0.15, 0.2) is 5.69 Å². The van der Waals surface area contributed by atoms with Gasteiger partial charge in [0.05, 0.1) is 6.10 Å². The van der Waals surface area contributed by atoms with Crippen molar-refractivity contribution in [1.82, 2.24) is 20.4 Å². The molecule has 0 aromatic carbocycles. The molecule has 1 fully saturated rings. The van der Waals surface area contributed by atoms with Gasteiger partial charge in [0.25, 0.3) is 5.91 Å².